The fraction of sp³-hybridized carbons (Fsp3) is 0.353. The van der Waals surface area contributed by atoms with Crippen LogP contribution in [-0.2, 0) is 19.3 Å². The van der Waals surface area contributed by atoms with Crippen LogP contribution in [0.3, 0.4) is 0 Å². The molecule has 0 N–H and O–H groups in total. The van der Waals surface area contributed by atoms with E-state index >= 15 is 0 Å². The lowest BCUT2D eigenvalue weighted by Gasteiger charge is -2.02. The second kappa shape index (κ2) is 6.41. The summed E-state index contributed by atoms with van der Waals surface area (Å²) in [4.78, 5) is 14.5. The largest absolute Gasteiger partial charge is 0.293 e. The van der Waals surface area contributed by atoms with Crippen LogP contribution in [0.2, 0.25) is 0 Å². The number of ketones is 1. The molecule has 110 valence electrons. The number of halogens is 2. The van der Waals surface area contributed by atoms with Crippen molar-refractivity contribution in [2.24, 2.45) is 0 Å². The Labute approximate surface area is 136 Å². The number of carbonyl (C=O) groups is 1. The maximum Gasteiger partial charge on any atom is 0.177 e. The van der Waals surface area contributed by atoms with E-state index in [0.29, 0.717) is 5.56 Å². The van der Waals surface area contributed by atoms with Crippen molar-refractivity contribution in [3.05, 3.63) is 55.4 Å². The Balaban J connectivity index is 1.81. The van der Waals surface area contributed by atoms with Gasteiger partial charge >= 0.3 is 0 Å². The van der Waals surface area contributed by atoms with E-state index in [1.54, 1.807) is 23.5 Å². The highest BCUT2D eigenvalue weighted by Gasteiger charge is 2.17. The molecule has 1 nitrogen and oxygen atoms in total. The highest BCUT2D eigenvalue weighted by molar-refractivity contribution is 9.10. The van der Waals surface area contributed by atoms with Crippen LogP contribution in [0.1, 0.15) is 44.9 Å². The first-order valence-corrected chi connectivity index (χ1v) is 8.83. The molecule has 0 bridgehead atoms. The zero-order chi connectivity index (χ0) is 14.8. The molecule has 21 heavy (non-hydrogen) atoms. The molecule has 0 atom stereocenters. The third-order valence-corrected chi connectivity index (χ3v) is 5.65. The van der Waals surface area contributed by atoms with Crippen molar-refractivity contribution in [1.82, 2.24) is 0 Å². The van der Waals surface area contributed by atoms with Crippen LogP contribution in [0.5, 0.6) is 0 Å². The van der Waals surface area contributed by atoms with Gasteiger partial charge in [0.2, 0.25) is 0 Å². The molecule has 1 heterocycles. The minimum absolute atomic E-state index is 0.0186. The van der Waals surface area contributed by atoms with Gasteiger partial charge < -0.3 is 0 Å². The molecule has 3 rings (SSSR count). The third kappa shape index (κ3) is 3.43. The van der Waals surface area contributed by atoms with Crippen molar-refractivity contribution in [3.63, 3.8) is 0 Å². The zero-order valence-corrected chi connectivity index (χ0v) is 14.0. The Hall–Kier alpha value is -1.00. The first-order chi connectivity index (χ1) is 10.1. The second-order valence-corrected chi connectivity index (χ2v) is 7.51. The van der Waals surface area contributed by atoms with Crippen molar-refractivity contribution < 1.29 is 9.18 Å². The van der Waals surface area contributed by atoms with Crippen LogP contribution in [0.4, 0.5) is 4.39 Å². The van der Waals surface area contributed by atoms with Gasteiger partial charge in [0.1, 0.15) is 5.82 Å². The maximum absolute atomic E-state index is 13.8. The minimum Gasteiger partial charge on any atom is -0.293 e. The Morgan fingerprint density at radius 1 is 1.19 bits per heavy atom. The SMILES string of the molecule is O=C(Cc1cc(Br)ccc1F)c1cc2c(s1)CCCCC2. The van der Waals surface area contributed by atoms with E-state index in [1.807, 2.05) is 6.07 Å². The Morgan fingerprint density at radius 3 is 2.86 bits per heavy atom. The highest BCUT2D eigenvalue weighted by atomic mass is 79.9. The molecular formula is C17H16BrFOS. The highest BCUT2D eigenvalue weighted by Crippen LogP contribution is 2.30. The molecule has 1 aromatic carbocycles. The molecule has 0 unspecified atom stereocenters. The van der Waals surface area contributed by atoms with E-state index in [1.165, 1.54) is 35.8 Å². The number of aryl methyl sites for hydroxylation is 2. The first kappa shape index (κ1) is 14.9. The van der Waals surface area contributed by atoms with Crippen LogP contribution in [0, 0.1) is 5.82 Å². The molecule has 0 radical (unpaired) electrons. The quantitative estimate of drug-likeness (QED) is 0.528. The average Bonchev–Trinajstić information content (AvgIpc) is 2.74. The average molecular weight is 367 g/mol. The summed E-state index contributed by atoms with van der Waals surface area (Å²) >= 11 is 4.92. The fourth-order valence-corrected chi connectivity index (χ4v) is 4.34. The topological polar surface area (TPSA) is 17.1 Å². The van der Waals surface area contributed by atoms with E-state index in [9.17, 15) is 9.18 Å². The molecule has 0 saturated heterocycles. The molecule has 0 spiro atoms. The number of rotatable bonds is 3. The molecule has 1 aliphatic carbocycles. The van der Waals surface area contributed by atoms with Gasteiger partial charge in [0, 0.05) is 15.8 Å². The lowest BCUT2D eigenvalue weighted by molar-refractivity contribution is 0.0995. The summed E-state index contributed by atoms with van der Waals surface area (Å²) < 4.78 is 14.6. The van der Waals surface area contributed by atoms with Gasteiger partial charge in [-0.2, -0.15) is 0 Å². The monoisotopic (exact) mass is 366 g/mol. The van der Waals surface area contributed by atoms with Crippen LogP contribution in [0.25, 0.3) is 0 Å². The molecule has 0 aliphatic heterocycles. The van der Waals surface area contributed by atoms with E-state index in [4.69, 9.17) is 0 Å². The summed E-state index contributed by atoms with van der Waals surface area (Å²) in [5.41, 5.74) is 1.79. The molecule has 0 saturated carbocycles. The molecule has 0 amide bonds. The van der Waals surface area contributed by atoms with Crippen molar-refractivity contribution >= 4 is 33.0 Å². The van der Waals surface area contributed by atoms with Crippen LogP contribution >= 0.6 is 27.3 Å². The maximum atomic E-state index is 13.8. The van der Waals surface area contributed by atoms with Gasteiger partial charge in [-0.05, 0) is 61.1 Å². The van der Waals surface area contributed by atoms with E-state index in [-0.39, 0.29) is 18.0 Å². The van der Waals surface area contributed by atoms with E-state index < -0.39 is 0 Å². The first-order valence-electron chi connectivity index (χ1n) is 7.22. The standard InChI is InChI=1S/C17H16BrFOS/c18-13-6-7-14(19)12(8-13)9-15(20)17-10-11-4-2-1-3-5-16(11)21-17/h6-8,10H,1-5,9H2. The number of hydrogen-bond acceptors (Lipinski definition) is 2. The van der Waals surface area contributed by atoms with E-state index in [0.717, 1.165) is 22.2 Å². The predicted molar refractivity (Wildman–Crippen MR) is 87.7 cm³/mol. The smallest absolute Gasteiger partial charge is 0.177 e. The molecule has 1 aromatic heterocycles. The van der Waals surface area contributed by atoms with Crippen molar-refractivity contribution in [2.45, 2.75) is 38.5 Å². The number of fused-ring (bicyclic) bond motifs is 1. The number of benzene rings is 1. The van der Waals surface area contributed by atoms with Gasteiger partial charge in [0.05, 0.1) is 4.88 Å². The van der Waals surface area contributed by atoms with Crippen LogP contribution in [0.15, 0.2) is 28.7 Å². The number of thiophene rings is 1. The zero-order valence-electron chi connectivity index (χ0n) is 11.6. The minimum atomic E-state index is -0.315. The summed E-state index contributed by atoms with van der Waals surface area (Å²) in [7, 11) is 0. The number of Topliss-reactive ketones (excluding diaryl/α,β-unsaturated/α-hetero) is 1. The van der Waals surface area contributed by atoms with Crippen molar-refractivity contribution in [3.8, 4) is 0 Å². The molecule has 0 fully saturated rings. The Bertz CT molecular complexity index is 654. The van der Waals surface area contributed by atoms with Gasteiger partial charge in [-0.25, -0.2) is 4.39 Å². The van der Waals surface area contributed by atoms with Crippen molar-refractivity contribution in [2.75, 3.05) is 0 Å². The van der Waals surface area contributed by atoms with Gasteiger partial charge in [0.25, 0.3) is 0 Å². The van der Waals surface area contributed by atoms with Gasteiger partial charge in [-0.1, -0.05) is 22.4 Å². The second-order valence-electron chi connectivity index (χ2n) is 5.46. The van der Waals surface area contributed by atoms with Gasteiger partial charge in [0.15, 0.2) is 5.78 Å². The van der Waals surface area contributed by atoms with Crippen LogP contribution < -0.4 is 0 Å². The number of hydrogen-bond donors (Lipinski definition) is 0. The molecule has 2 aromatic rings. The summed E-state index contributed by atoms with van der Waals surface area (Å²) in [6, 6.07) is 6.77. The van der Waals surface area contributed by atoms with Crippen LogP contribution in [-0.4, -0.2) is 5.78 Å². The number of carbonyl (C=O) groups excluding carboxylic acids is 1. The summed E-state index contributed by atoms with van der Waals surface area (Å²) in [6.45, 7) is 0. The molecular weight excluding hydrogens is 351 g/mol. The third-order valence-electron chi connectivity index (χ3n) is 3.88. The van der Waals surface area contributed by atoms with Crippen molar-refractivity contribution in [1.29, 1.82) is 0 Å². The van der Waals surface area contributed by atoms with E-state index in [2.05, 4.69) is 15.9 Å². The normalized spacial score (nSPS) is 14.6. The van der Waals surface area contributed by atoms with Gasteiger partial charge in [-0.3, -0.25) is 4.79 Å². The molecule has 1 aliphatic rings. The summed E-state index contributed by atoms with van der Waals surface area (Å²) in [6.07, 6.45) is 5.97. The molecule has 4 heteroatoms. The lowest BCUT2D eigenvalue weighted by Crippen LogP contribution is -2.03. The summed E-state index contributed by atoms with van der Waals surface area (Å²) in [5.74, 6) is -0.297. The Morgan fingerprint density at radius 2 is 2.00 bits per heavy atom. The predicted octanol–water partition coefficient (Wildman–Crippen LogP) is 5.34. The summed E-state index contributed by atoms with van der Waals surface area (Å²) in [5, 5.41) is 0. The Kier molecular flexibility index (Phi) is 4.55. The van der Waals surface area contributed by atoms with Gasteiger partial charge in [-0.15, -0.1) is 11.3 Å². The fourth-order valence-electron chi connectivity index (χ4n) is 2.74. The lowest BCUT2D eigenvalue weighted by atomic mass is 10.1.